The van der Waals surface area contributed by atoms with Crippen LogP contribution in [0.3, 0.4) is 0 Å². The Kier molecular flexibility index (Phi) is 4.71. The maximum absolute atomic E-state index is 12.5. The molecule has 3 aromatic rings. The maximum Gasteiger partial charge on any atom is 0.271 e. The molecule has 0 spiro atoms. The summed E-state index contributed by atoms with van der Waals surface area (Å²) in [6.07, 6.45) is -0.799. The molecule has 0 saturated heterocycles. The summed E-state index contributed by atoms with van der Waals surface area (Å²) < 4.78 is 21.8. The third-order valence-electron chi connectivity index (χ3n) is 4.19. The van der Waals surface area contributed by atoms with E-state index in [-0.39, 0.29) is 12.6 Å². The van der Waals surface area contributed by atoms with Gasteiger partial charge in [0.15, 0.2) is 17.3 Å². The highest BCUT2D eigenvalue weighted by atomic mass is 16.6. The molecule has 4 rings (SSSR count). The number of ether oxygens (including phenoxy) is 4. The van der Waals surface area contributed by atoms with Crippen molar-refractivity contribution in [2.45, 2.75) is 6.10 Å². The Balaban J connectivity index is 1.48. The number of fused-ring (bicyclic) bond motifs is 1. The molecule has 1 atom stereocenters. The van der Waals surface area contributed by atoms with Gasteiger partial charge in [-0.1, -0.05) is 12.1 Å². The van der Waals surface area contributed by atoms with Crippen LogP contribution in [0.5, 0.6) is 23.0 Å². The number of hydrogen-bond acceptors (Lipinski definition) is 7. The van der Waals surface area contributed by atoms with E-state index >= 15 is 0 Å². The van der Waals surface area contributed by atoms with Gasteiger partial charge in [-0.25, -0.2) is 0 Å². The Hall–Kier alpha value is -3.75. The first kappa shape index (κ1) is 17.7. The van der Waals surface area contributed by atoms with Gasteiger partial charge in [-0.15, -0.1) is 5.10 Å². The van der Waals surface area contributed by atoms with Crippen LogP contribution in [0.4, 0.5) is 5.95 Å². The lowest BCUT2D eigenvalue weighted by Crippen LogP contribution is -2.40. The van der Waals surface area contributed by atoms with Gasteiger partial charge in [0.05, 0.1) is 19.8 Å². The highest BCUT2D eigenvalue weighted by molar-refractivity contribution is 5.93. The van der Waals surface area contributed by atoms with Gasteiger partial charge in [-0.3, -0.25) is 15.2 Å². The van der Waals surface area contributed by atoms with E-state index < -0.39 is 12.0 Å². The predicted octanol–water partition coefficient (Wildman–Crippen LogP) is 2.27. The number of nitrogens with zero attached hydrogens (tertiary/aromatic N) is 2. The Bertz CT molecular complexity index is 1000. The summed E-state index contributed by atoms with van der Waals surface area (Å²) in [5.41, 5.74) is 0.683. The van der Waals surface area contributed by atoms with Crippen LogP contribution in [0, 0.1) is 0 Å². The van der Waals surface area contributed by atoms with Crippen LogP contribution in [0.1, 0.15) is 0 Å². The van der Waals surface area contributed by atoms with Crippen LogP contribution in [0.25, 0.3) is 11.4 Å². The van der Waals surface area contributed by atoms with Gasteiger partial charge in [0.2, 0.25) is 12.1 Å². The Labute approximate surface area is 160 Å². The molecule has 9 heteroatoms. The van der Waals surface area contributed by atoms with Crippen molar-refractivity contribution >= 4 is 11.9 Å². The SMILES string of the molecule is COc1ccc(-c2nc(NC(=O)[C@H]3COc4ccccc4O3)n[nH]2)c(OC)c1. The fourth-order valence-corrected chi connectivity index (χ4v) is 2.77. The second kappa shape index (κ2) is 7.47. The molecule has 2 heterocycles. The van der Waals surface area contributed by atoms with Gasteiger partial charge in [0.1, 0.15) is 18.1 Å². The number of benzene rings is 2. The summed E-state index contributed by atoms with van der Waals surface area (Å²) in [6.45, 7) is 0.104. The second-order valence-corrected chi connectivity index (χ2v) is 5.93. The molecule has 1 aliphatic heterocycles. The lowest BCUT2D eigenvalue weighted by Gasteiger charge is -2.25. The van der Waals surface area contributed by atoms with E-state index in [4.69, 9.17) is 18.9 Å². The molecule has 9 nitrogen and oxygen atoms in total. The minimum Gasteiger partial charge on any atom is -0.497 e. The lowest BCUT2D eigenvalue weighted by molar-refractivity contribution is -0.125. The normalized spacial score (nSPS) is 15.0. The van der Waals surface area contributed by atoms with Crippen LogP contribution < -0.4 is 24.3 Å². The molecule has 2 N–H and O–H groups in total. The van der Waals surface area contributed by atoms with E-state index in [1.54, 1.807) is 44.6 Å². The summed E-state index contributed by atoms with van der Waals surface area (Å²) in [4.78, 5) is 16.8. The summed E-state index contributed by atoms with van der Waals surface area (Å²) in [5.74, 6) is 2.52. The number of anilines is 1. The van der Waals surface area contributed by atoms with Gasteiger partial charge in [-0.05, 0) is 24.3 Å². The molecular weight excluding hydrogens is 364 g/mol. The molecule has 0 radical (unpaired) electrons. The van der Waals surface area contributed by atoms with Gasteiger partial charge >= 0.3 is 0 Å². The minimum absolute atomic E-state index is 0.104. The molecule has 0 saturated carbocycles. The summed E-state index contributed by atoms with van der Waals surface area (Å²) in [7, 11) is 3.13. The van der Waals surface area contributed by atoms with Crippen molar-refractivity contribution in [3.05, 3.63) is 42.5 Å². The number of nitrogens with one attached hydrogen (secondary N) is 2. The molecule has 1 aliphatic rings. The Morgan fingerprint density at radius 1 is 1.18 bits per heavy atom. The first-order valence-electron chi connectivity index (χ1n) is 8.52. The standard InChI is InChI=1S/C19H18N4O5/c1-25-11-7-8-12(15(9-11)26-2)17-20-19(23-22-17)21-18(24)16-10-27-13-5-3-4-6-14(13)28-16/h3-9,16H,10H2,1-2H3,(H2,20,21,22,23,24)/t16-/m1/s1. The van der Waals surface area contributed by atoms with E-state index in [2.05, 4.69) is 20.5 Å². The van der Waals surface area contributed by atoms with Crippen molar-refractivity contribution in [2.75, 3.05) is 26.1 Å². The van der Waals surface area contributed by atoms with E-state index in [0.717, 1.165) is 0 Å². The fourth-order valence-electron chi connectivity index (χ4n) is 2.77. The molecule has 0 fully saturated rings. The zero-order chi connectivity index (χ0) is 19.5. The average Bonchev–Trinajstić information content (AvgIpc) is 3.21. The Morgan fingerprint density at radius 3 is 2.79 bits per heavy atom. The van der Waals surface area contributed by atoms with Crippen molar-refractivity contribution in [2.24, 2.45) is 0 Å². The van der Waals surface area contributed by atoms with Gasteiger partial charge in [0, 0.05) is 6.07 Å². The highest BCUT2D eigenvalue weighted by Gasteiger charge is 2.28. The Morgan fingerprint density at radius 2 is 2.00 bits per heavy atom. The highest BCUT2D eigenvalue weighted by Crippen LogP contribution is 2.32. The van der Waals surface area contributed by atoms with Gasteiger partial charge < -0.3 is 18.9 Å². The van der Waals surface area contributed by atoms with Crippen molar-refractivity contribution in [1.29, 1.82) is 0 Å². The zero-order valence-corrected chi connectivity index (χ0v) is 15.3. The number of carbonyl (C=O) groups is 1. The number of carbonyl (C=O) groups excluding carboxylic acids is 1. The second-order valence-electron chi connectivity index (χ2n) is 5.93. The molecule has 0 aliphatic carbocycles. The fraction of sp³-hybridized carbons (Fsp3) is 0.211. The number of rotatable bonds is 5. The number of H-pyrrole nitrogens is 1. The van der Waals surface area contributed by atoms with Crippen LogP contribution >= 0.6 is 0 Å². The quantitative estimate of drug-likeness (QED) is 0.697. The van der Waals surface area contributed by atoms with Crippen molar-refractivity contribution < 1.29 is 23.7 Å². The summed E-state index contributed by atoms with van der Waals surface area (Å²) in [5, 5.41) is 9.46. The third-order valence-corrected chi connectivity index (χ3v) is 4.19. The van der Waals surface area contributed by atoms with Gasteiger partial charge in [0.25, 0.3) is 5.91 Å². The molecule has 28 heavy (non-hydrogen) atoms. The molecule has 1 aromatic heterocycles. The van der Waals surface area contributed by atoms with Crippen LogP contribution in [0.15, 0.2) is 42.5 Å². The smallest absolute Gasteiger partial charge is 0.271 e. The first-order chi connectivity index (χ1) is 13.7. The molecule has 1 amide bonds. The topological polar surface area (TPSA) is 108 Å². The third kappa shape index (κ3) is 3.41. The summed E-state index contributed by atoms with van der Waals surface area (Å²) in [6, 6.07) is 12.5. The zero-order valence-electron chi connectivity index (χ0n) is 15.3. The number of para-hydroxylation sites is 2. The van der Waals surface area contributed by atoms with E-state index in [1.807, 2.05) is 12.1 Å². The van der Waals surface area contributed by atoms with Crippen LogP contribution in [0.2, 0.25) is 0 Å². The predicted molar refractivity (Wildman–Crippen MR) is 99.9 cm³/mol. The van der Waals surface area contributed by atoms with E-state index in [1.165, 1.54) is 0 Å². The van der Waals surface area contributed by atoms with E-state index in [0.29, 0.717) is 34.4 Å². The number of hydrogen-bond donors (Lipinski definition) is 2. The van der Waals surface area contributed by atoms with Crippen LogP contribution in [-0.2, 0) is 4.79 Å². The lowest BCUT2D eigenvalue weighted by atomic mass is 10.2. The maximum atomic E-state index is 12.5. The number of aromatic nitrogens is 3. The van der Waals surface area contributed by atoms with Gasteiger partial charge in [-0.2, -0.15) is 4.98 Å². The average molecular weight is 382 g/mol. The summed E-state index contributed by atoms with van der Waals surface area (Å²) >= 11 is 0. The first-order valence-corrected chi connectivity index (χ1v) is 8.52. The monoisotopic (exact) mass is 382 g/mol. The molecule has 0 bridgehead atoms. The molecule has 0 unspecified atom stereocenters. The van der Waals surface area contributed by atoms with Crippen molar-refractivity contribution in [3.63, 3.8) is 0 Å². The molecular formula is C19H18N4O5. The largest absolute Gasteiger partial charge is 0.497 e. The van der Waals surface area contributed by atoms with Crippen molar-refractivity contribution in [1.82, 2.24) is 15.2 Å². The number of amides is 1. The van der Waals surface area contributed by atoms with Crippen molar-refractivity contribution in [3.8, 4) is 34.4 Å². The van der Waals surface area contributed by atoms with Crippen LogP contribution in [-0.4, -0.2) is 48.0 Å². The minimum atomic E-state index is -0.799. The van der Waals surface area contributed by atoms with E-state index in [9.17, 15) is 4.79 Å². The molecule has 2 aromatic carbocycles. The molecule has 144 valence electrons. The number of aromatic amines is 1. The number of methoxy groups -OCH3 is 2.